The van der Waals surface area contributed by atoms with Crippen molar-refractivity contribution in [3.63, 3.8) is 0 Å². The van der Waals surface area contributed by atoms with Crippen molar-refractivity contribution in [2.24, 2.45) is 0 Å². The predicted molar refractivity (Wildman–Crippen MR) is 72.7 cm³/mol. The van der Waals surface area contributed by atoms with E-state index in [1.54, 1.807) is 24.3 Å². The number of ether oxygens (including phenoxy) is 1. The number of halogens is 2. The Hall–Kier alpha value is -2.49. The van der Waals surface area contributed by atoms with Crippen molar-refractivity contribution in [1.82, 2.24) is 0 Å². The third kappa shape index (κ3) is 3.29. The maximum absolute atomic E-state index is 13.4. The van der Waals surface area contributed by atoms with E-state index < -0.39 is 11.6 Å². The Morgan fingerprint density at radius 3 is 2.65 bits per heavy atom. The fraction of sp³-hybridized carbons (Fsp3) is 0.0625. The summed E-state index contributed by atoms with van der Waals surface area (Å²) in [6, 6.07) is 9.83. The van der Waals surface area contributed by atoms with Gasteiger partial charge in [0.05, 0.1) is 7.11 Å². The topological polar surface area (TPSA) is 26.3 Å². The molecule has 2 aromatic carbocycles. The molecule has 0 N–H and O–H groups in total. The molecule has 20 heavy (non-hydrogen) atoms. The summed E-state index contributed by atoms with van der Waals surface area (Å²) in [6.45, 7) is 0. The Morgan fingerprint density at radius 1 is 1.15 bits per heavy atom. The Labute approximate surface area is 115 Å². The number of ketones is 1. The SMILES string of the molecule is COc1cccc(C(=O)/C=C/c2ccc(F)cc2F)c1. The highest BCUT2D eigenvalue weighted by Gasteiger charge is 2.05. The van der Waals surface area contributed by atoms with Crippen LogP contribution in [0.3, 0.4) is 0 Å². The monoisotopic (exact) mass is 274 g/mol. The molecular formula is C16H12F2O2. The van der Waals surface area contributed by atoms with Crippen molar-refractivity contribution in [1.29, 1.82) is 0 Å². The van der Waals surface area contributed by atoms with Gasteiger partial charge in [0.1, 0.15) is 17.4 Å². The Balaban J connectivity index is 2.20. The van der Waals surface area contributed by atoms with Gasteiger partial charge in [-0.25, -0.2) is 8.78 Å². The van der Waals surface area contributed by atoms with Gasteiger partial charge < -0.3 is 4.74 Å². The first-order chi connectivity index (χ1) is 9.60. The van der Waals surface area contributed by atoms with E-state index in [1.807, 2.05) is 0 Å². The summed E-state index contributed by atoms with van der Waals surface area (Å²) in [4.78, 5) is 11.9. The number of allylic oxidation sites excluding steroid dienone is 1. The number of benzene rings is 2. The smallest absolute Gasteiger partial charge is 0.185 e. The Bertz CT molecular complexity index is 663. The molecule has 2 aromatic rings. The minimum absolute atomic E-state index is 0.155. The average molecular weight is 274 g/mol. The fourth-order valence-corrected chi connectivity index (χ4v) is 1.67. The molecule has 0 radical (unpaired) electrons. The van der Waals surface area contributed by atoms with Gasteiger partial charge in [0.15, 0.2) is 5.78 Å². The standard InChI is InChI=1S/C16H12F2O2/c1-20-14-4-2-3-12(9-14)16(19)8-6-11-5-7-13(17)10-15(11)18/h2-10H,1H3/b8-6+. The second kappa shape index (κ2) is 6.10. The van der Waals surface area contributed by atoms with Gasteiger partial charge in [0.2, 0.25) is 0 Å². The Morgan fingerprint density at radius 2 is 1.95 bits per heavy atom. The lowest BCUT2D eigenvalue weighted by molar-refractivity contribution is 0.104. The number of hydrogen-bond acceptors (Lipinski definition) is 2. The van der Waals surface area contributed by atoms with Crippen LogP contribution in [0.4, 0.5) is 8.78 Å². The summed E-state index contributed by atoms with van der Waals surface area (Å²) >= 11 is 0. The second-order valence-electron chi connectivity index (χ2n) is 4.10. The highest BCUT2D eigenvalue weighted by atomic mass is 19.1. The van der Waals surface area contributed by atoms with E-state index in [0.29, 0.717) is 11.3 Å². The zero-order chi connectivity index (χ0) is 14.5. The number of rotatable bonds is 4. The molecule has 102 valence electrons. The molecule has 0 bridgehead atoms. The largest absolute Gasteiger partial charge is 0.497 e. The molecule has 0 spiro atoms. The van der Waals surface area contributed by atoms with Crippen LogP contribution in [-0.4, -0.2) is 12.9 Å². The fourth-order valence-electron chi connectivity index (χ4n) is 1.67. The molecule has 2 nitrogen and oxygen atoms in total. The van der Waals surface area contributed by atoms with Gasteiger partial charge in [-0.3, -0.25) is 4.79 Å². The van der Waals surface area contributed by atoms with Crippen molar-refractivity contribution in [3.05, 3.63) is 71.3 Å². The summed E-state index contributed by atoms with van der Waals surface area (Å²) in [7, 11) is 1.51. The van der Waals surface area contributed by atoms with Crippen LogP contribution >= 0.6 is 0 Å². The zero-order valence-corrected chi connectivity index (χ0v) is 10.8. The van der Waals surface area contributed by atoms with Crippen molar-refractivity contribution >= 4 is 11.9 Å². The van der Waals surface area contributed by atoms with Gasteiger partial charge in [0.25, 0.3) is 0 Å². The first-order valence-electron chi connectivity index (χ1n) is 5.91. The molecule has 0 aliphatic carbocycles. The molecule has 0 amide bonds. The number of carbonyl (C=O) groups is 1. The Kier molecular flexibility index (Phi) is 4.25. The lowest BCUT2D eigenvalue weighted by atomic mass is 10.1. The van der Waals surface area contributed by atoms with Gasteiger partial charge in [-0.2, -0.15) is 0 Å². The molecule has 0 atom stereocenters. The molecule has 0 saturated heterocycles. The van der Waals surface area contributed by atoms with Crippen molar-refractivity contribution in [2.75, 3.05) is 7.11 Å². The number of methoxy groups -OCH3 is 1. The summed E-state index contributed by atoms with van der Waals surface area (Å²) in [6.07, 6.45) is 2.56. The molecule has 0 saturated carbocycles. The first kappa shape index (κ1) is 13.9. The van der Waals surface area contributed by atoms with Crippen LogP contribution in [-0.2, 0) is 0 Å². The maximum Gasteiger partial charge on any atom is 0.185 e. The van der Waals surface area contributed by atoms with Gasteiger partial charge >= 0.3 is 0 Å². The van der Waals surface area contributed by atoms with Crippen LogP contribution in [0.1, 0.15) is 15.9 Å². The molecule has 0 fully saturated rings. The van der Waals surface area contributed by atoms with Crippen molar-refractivity contribution in [3.8, 4) is 5.75 Å². The molecule has 4 heteroatoms. The molecule has 0 unspecified atom stereocenters. The molecule has 0 aliphatic rings. The van der Waals surface area contributed by atoms with E-state index >= 15 is 0 Å². The highest BCUT2D eigenvalue weighted by Crippen LogP contribution is 2.15. The number of hydrogen-bond donors (Lipinski definition) is 0. The molecular weight excluding hydrogens is 262 g/mol. The van der Waals surface area contributed by atoms with Crippen LogP contribution in [0.25, 0.3) is 6.08 Å². The van der Waals surface area contributed by atoms with E-state index in [4.69, 9.17) is 4.74 Å². The minimum atomic E-state index is -0.709. The summed E-state index contributed by atoms with van der Waals surface area (Å²) in [5, 5.41) is 0. The van der Waals surface area contributed by atoms with Crippen LogP contribution in [0.2, 0.25) is 0 Å². The maximum atomic E-state index is 13.4. The molecule has 2 rings (SSSR count). The van der Waals surface area contributed by atoms with Crippen LogP contribution in [0.15, 0.2) is 48.5 Å². The molecule has 0 heterocycles. The lowest BCUT2D eigenvalue weighted by Crippen LogP contribution is -1.95. The summed E-state index contributed by atoms with van der Waals surface area (Å²) in [5.74, 6) is -1.08. The van der Waals surface area contributed by atoms with E-state index in [0.717, 1.165) is 12.1 Å². The summed E-state index contributed by atoms with van der Waals surface area (Å²) in [5.41, 5.74) is 0.589. The van der Waals surface area contributed by atoms with Gasteiger partial charge in [-0.05, 0) is 36.4 Å². The van der Waals surface area contributed by atoms with Crippen LogP contribution < -0.4 is 4.74 Å². The van der Waals surface area contributed by atoms with E-state index in [1.165, 1.54) is 25.3 Å². The van der Waals surface area contributed by atoms with Crippen LogP contribution in [0, 0.1) is 11.6 Å². The quantitative estimate of drug-likeness (QED) is 0.625. The van der Waals surface area contributed by atoms with Gasteiger partial charge in [0, 0.05) is 17.2 Å². The summed E-state index contributed by atoms with van der Waals surface area (Å²) < 4.78 is 31.2. The van der Waals surface area contributed by atoms with E-state index in [2.05, 4.69) is 0 Å². The third-order valence-corrected chi connectivity index (χ3v) is 2.73. The number of carbonyl (C=O) groups excluding carboxylic acids is 1. The zero-order valence-electron chi connectivity index (χ0n) is 10.8. The molecule has 0 aliphatic heterocycles. The normalized spacial score (nSPS) is 10.8. The molecule has 0 aromatic heterocycles. The van der Waals surface area contributed by atoms with Gasteiger partial charge in [-0.15, -0.1) is 0 Å². The average Bonchev–Trinajstić information content (AvgIpc) is 2.46. The van der Waals surface area contributed by atoms with E-state index in [-0.39, 0.29) is 11.3 Å². The minimum Gasteiger partial charge on any atom is -0.497 e. The van der Waals surface area contributed by atoms with E-state index in [9.17, 15) is 13.6 Å². The van der Waals surface area contributed by atoms with Crippen LogP contribution in [0.5, 0.6) is 5.75 Å². The lowest BCUT2D eigenvalue weighted by Gasteiger charge is -2.01. The van der Waals surface area contributed by atoms with Crippen molar-refractivity contribution < 1.29 is 18.3 Å². The second-order valence-corrected chi connectivity index (χ2v) is 4.10. The van der Waals surface area contributed by atoms with Crippen molar-refractivity contribution in [2.45, 2.75) is 0 Å². The third-order valence-electron chi connectivity index (χ3n) is 2.73. The highest BCUT2D eigenvalue weighted by molar-refractivity contribution is 6.07. The van der Waals surface area contributed by atoms with Gasteiger partial charge in [-0.1, -0.05) is 12.1 Å². The first-order valence-corrected chi connectivity index (χ1v) is 5.91. The predicted octanol–water partition coefficient (Wildman–Crippen LogP) is 3.87.